The van der Waals surface area contributed by atoms with E-state index in [9.17, 15) is 0 Å². The lowest BCUT2D eigenvalue weighted by atomic mass is 9.98. The molecule has 0 fully saturated rings. The van der Waals surface area contributed by atoms with Crippen molar-refractivity contribution < 1.29 is 0 Å². The van der Waals surface area contributed by atoms with E-state index in [0.29, 0.717) is 5.92 Å². The molecule has 21 heavy (non-hydrogen) atoms. The molecule has 0 bridgehead atoms. The highest BCUT2D eigenvalue weighted by atomic mass is 14.9. The number of hydrogen-bond donors (Lipinski definition) is 1. The quantitative estimate of drug-likeness (QED) is 0.838. The SMILES string of the molecule is CCCNC(Cc1ccc(C(C)C)cc1)c1ccncn1. The van der Waals surface area contributed by atoms with Crippen molar-refractivity contribution in [2.24, 2.45) is 0 Å². The van der Waals surface area contributed by atoms with E-state index in [1.165, 1.54) is 11.1 Å². The van der Waals surface area contributed by atoms with Crippen LogP contribution in [0.5, 0.6) is 0 Å². The monoisotopic (exact) mass is 283 g/mol. The van der Waals surface area contributed by atoms with E-state index in [0.717, 1.165) is 25.1 Å². The summed E-state index contributed by atoms with van der Waals surface area (Å²) in [5, 5.41) is 3.58. The van der Waals surface area contributed by atoms with Crippen LogP contribution in [0.15, 0.2) is 42.9 Å². The van der Waals surface area contributed by atoms with Gasteiger partial charge in [0.1, 0.15) is 6.33 Å². The summed E-state index contributed by atoms with van der Waals surface area (Å²) in [5.41, 5.74) is 3.79. The van der Waals surface area contributed by atoms with Crippen molar-refractivity contribution in [3.8, 4) is 0 Å². The van der Waals surface area contributed by atoms with Crippen LogP contribution < -0.4 is 5.32 Å². The fourth-order valence-electron chi connectivity index (χ4n) is 2.38. The van der Waals surface area contributed by atoms with Crippen molar-refractivity contribution in [3.63, 3.8) is 0 Å². The van der Waals surface area contributed by atoms with Gasteiger partial charge in [-0.15, -0.1) is 0 Å². The summed E-state index contributed by atoms with van der Waals surface area (Å²) in [6.07, 6.45) is 5.51. The van der Waals surface area contributed by atoms with Crippen molar-refractivity contribution in [3.05, 3.63) is 59.7 Å². The van der Waals surface area contributed by atoms with Gasteiger partial charge in [0.15, 0.2) is 0 Å². The van der Waals surface area contributed by atoms with Crippen molar-refractivity contribution in [2.75, 3.05) is 6.54 Å². The van der Waals surface area contributed by atoms with Gasteiger partial charge in [-0.3, -0.25) is 0 Å². The fourth-order valence-corrected chi connectivity index (χ4v) is 2.38. The normalized spacial score (nSPS) is 12.6. The number of benzene rings is 1. The molecule has 0 saturated carbocycles. The third-order valence-electron chi connectivity index (χ3n) is 3.69. The van der Waals surface area contributed by atoms with Gasteiger partial charge in [0, 0.05) is 6.20 Å². The second-order valence-corrected chi connectivity index (χ2v) is 5.74. The second kappa shape index (κ2) is 7.89. The number of nitrogens with one attached hydrogen (secondary N) is 1. The summed E-state index contributed by atoms with van der Waals surface area (Å²) < 4.78 is 0. The molecule has 1 unspecified atom stereocenters. The molecule has 0 radical (unpaired) electrons. The van der Waals surface area contributed by atoms with Gasteiger partial charge in [0.05, 0.1) is 11.7 Å². The molecule has 0 aliphatic carbocycles. The third kappa shape index (κ3) is 4.64. The first-order valence-electron chi connectivity index (χ1n) is 7.78. The van der Waals surface area contributed by atoms with Crippen molar-refractivity contribution in [1.82, 2.24) is 15.3 Å². The van der Waals surface area contributed by atoms with E-state index in [1.54, 1.807) is 6.33 Å². The van der Waals surface area contributed by atoms with Gasteiger partial charge in [-0.1, -0.05) is 45.0 Å². The highest BCUT2D eigenvalue weighted by Crippen LogP contribution is 2.19. The Hall–Kier alpha value is -1.74. The van der Waals surface area contributed by atoms with Crippen LogP contribution in [-0.2, 0) is 6.42 Å². The third-order valence-corrected chi connectivity index (χ3v) is 3.69. The zero-order valence-corrected chi connectivity index (χ0v) is 13.2. The van der Waals surface area contributed by atoms with Gasteiger partial charge in [0.25, 0.3) is 0 Å². The first kappa shape index (κ1) is 15.6. The molecule has 0 aliphatic heterocycles. The predicted molar refractivity (Wildman–Crippen MR) is 87.3 cm³/mol. The maximum Gasteiger partial charge on any atom is 0.115 e. The topological polar surface area (TPSA) is 37.8 Å². The van der Waals surface area contributed by atoms with Crippen LogP contribution in [-0.4, -0.2) is 16.5 Å². The van der Waals surface area contributed by atoms with E-state index < -0.39 is 0 Å². The molecular weight excluding hydrogens is 258 g/mol. The average Bonchev–Trinajstić information content (AvgIpc) is 2.52. The lowest BCUT2D eigenvalue weighted by Gasteiger charge is -2.18. The Morgan fingerprint density at radius 3 is 2.43 bits per heavy atom. The summed E-state index contributed by atoms with van der Waals surface area (Å²) in [4.78, 5) is 8.41. The van der Waals surface area contributed by atoms with Gasteiger partial charge in [-0.05, 0) is 42.5 Å². The zero-order chi connectivity index (χ0) is 15.1. The van der Waals surface area contributed by atoms with Gasteiger partial charge in [0.2, 0.25) is 0 Å². The number of rotatable bonds is 7. The van der Waals surface area contributed by atoms with E-state index in [1.807, 2.05) is 12.3 Å². The van der Waals surface area contributed by atoms with E-state index in [2.05, 4.69) is 60.3 Å². The summed E-state index contributed by atoms with van der Waals surface area (Å²) in [6.45, 7) is 7.63. The number of nitrogens with zero attached hydrogens (tertiary/aromatic N) is 2. The maximum absolute atomic E-state index is 4.40. The minimum atomic E-state index is 0.248. The highest BCUT2D eigenvalue weighted by Gasteiger charge is 2.13. The molecule has 1 aromatic carbocycles. The van der Waals surface area contributed by atoms with Gasteiger partial charge >= 0.3 is 0 Å². The standard InChI is InChI=1S/C18H25N3/c1-4-10-20-18(17-9-11-19-13-21-17)12-15-5-7-16(8-6-15)14(2)3/h5-9,11,13-14,18,20H,4,10,12H2,1-3H3. The lowest BCUT2D eigenvalue weighted by molar-refractivity contribution is 0.517. The molecule has 1 aromatic heterocycles. The molecule has 0 aliphatic rings. The van der Waals surface area contributed by atoms with Crippen LogP contribution in [0.4, 0.5) is 0 Å². The lowest BCUT2D eigenvalue weighted by Crippen LogP contribution is -2.25. The molecule has 0 spiro atoms. The summed E-state index contributed by atoms with van der Waals surface area (Å²) in [5.74, 6) is 0.579. The van der Waals surface area contributed by atoms with Crippen LogP contribution in [0.25, 0.3) is 0 Å². The summed E-state index contributed by atoms with van der Waals surface area (Å²) in [6, 6.07) is 11.2. The van der Waals surface area contributed by atoms with E-state index >= 15 is 0 Å². The Balaban J connectivity index is 2.11. The van der Waals surface area contributed by atoms with Gasteiger partial charge in [-0.25, -0.2) is 9.97 Å². The van der Waals surface area contributed by atoms with Crippen LogP contribution in [0.2, 0.25) is 0 Å². The second-order valence-electron chi connectivity index (χ2n) is 5.74. The van der Waals surface area contributed by atoms with Gasteiger partial charge < -0.3 is 5.32 Å². The molecule has 1 N–H and O–H groups in total. The molecule has 2 rings (SSSR count). The molecule has 112 valence electrons. The van der Waals surface area contributed by atoms with Crippen LogP contribution >= 0.6 is 0 Å². The Labute approximate surface area is 127 Å². The zero-order valence-electron chi connectivity index (χ0n) is 13.2. The molecule has 1 heterocycles. The molecule has 0 saturated heterocycles. The Kier molecular flexibility index (Phi) is 5.88. The molecule has 0 amide bonds. The van der Waals surface area contributed by atoms with E-state index in [-0.39, 0.29) is 6.04 Å². The van der Waals surface area contributed by atoms with Gasteiger partial charge in [-0.2, -0.15) is 0 Å². The first-order valence-corrected chi connectivity index (χ1v) is 7.78. The summed E-state index contributed by atoms with van der Waals surface area (Å²) >= 11 is 0. The van der Waals surface area contributed by atoms with Crippen LogP contribution in [0.3, 0.4) is 0 Å². The maximum atomic E-state index is 4.40. The minimum absolute atomic E-state index is 0.248. The van der Waals surface area contributed by atoms with Crippen LogP contribution in [0.1, 0.15) is 56.0 Å². The highest BCUT2D eigenvalue weighted by molar-refractivity contribution is 5.26. The Morgan fingerprint density at radius 2 is 1.86 bits per heavy atom. The van der Waals surface area contributed by atoms with Crippen LogP contribution in [0, 0.1) is 0 Å². The fraction of sp³-hybridized carbons (Fsp3) is 0.444. The number of aromatic nitrogens is 2. The Bertz CT molecular complexity index is 520. The largest absolute Gasteiger partial charge is 0.308 e. The average molecular weight is 283 g/mol. The minimum Gasteiger partial charge on any atom is -0.308 e. The predicted octanol–water partition coefficient (Wildman–Crippen LogP) is 3.88. The molecule has 3 heteroatoms. The molecule has 1 atom stereocenters. The molecule has 2 aromatic rings. The van der Waals surface area contributed by atoms with Crippen molar-refractivity contribution in [1.29, 1.82) is 0 Å². The number of hydrogen-bond acceptors (Lipinski definition) is 3. The smallest absolute Gasteiger partial charge is 0.115 e. The van der Waals surface area contributed by atoms with Crippen molar-refractivity contribution in [2.45, 2.75) is 45.6 Å². The summed E-state index contributed by atoms with van der Waals surface area (Å²) in [7, 11) is 0. The van der Waals surface area contributed by atoms with Crippen molar-refractivity contribution >= 4 is 0 Å². The molecule has 3 nitrogen and oxygen atoms in total. The Morgan fingerprint density at radius 1 is 1.10 bits per heavy atom. The first-order chi connectivity index (χ1) is 10.2. The van der Waals surface area contributed by atoms with E-state index in [4.69, 9.17) is 0 Å². The molecular formula is C18H25N3.